The number of hydrogen-bond acceptors (Lipinski definition) is 5. The lowest BCUT2D eigenvalue weighted by Crippen LogP contribution is -2.40. The third kappa shape index (κ3) is 4.68. The number of hydrogen-bond donors (Lipinski definition) is 0. The largest absolute Gasteiger partial charge is 0.479 e. The van der Waals surface area contributed by atoms with Crippen LogP contribution < -0.4 is 21.0 Å². The van der Waals surface area contributed by atoms with Gasteiger partial charge >= 0.3 is 11.2 Å². The summed E-state index contributed by atoms with van der Waals surface area (Å²) in [5.41, 5.74) is -7.78. The quantitative estimate of drug-likeness (QED) is 0.442. The van der Waals surface area contributed by atoms with Gasteiger partial charge in [-0.05, 0) is 24.6 Å². The minimum absolute atomic E-state index is 0.281. The van der Waals surface area contributed by atoms with E-state index in [-0.39, 0.29) is 5.69 Å². The van der Waals surface area contributed by atoms with E-state index in [2.05, 4.69) is 4.18 Å². The smallest absolute Gasteiger partial charge is 0.416 e. The highest BCUT2D eigenvalue weighted by Gasteiger charge is 2.32. The maximum atomic E-state index is 14.6. The van der Waals surface area contributed by atoms with Crippen molar-refractivity contribution in [3.8, 4) is 11.4 Å². The number of rotatable bonds is 3. The number of benzene rings is 1. The van der Waals surface area contributed by atoms with Crippen LogP contribution in [0.2, 0.25) is 0 Å². The zero-order chi connectivity index (χ0) is 23.7. The van der Waals surface area contributed by atoms with Gasteiger partial charge in [0.15, 0.2) is 17.8 Å². The van der Waals surface area contributed by atoms with Crippen molar-refractivity contribution in [3.05, 3.63) is 66.8 Å². The Morgan fingerprint density at radius 3 is 2.16 bits per heavy atom. The first-order valence-electron chi connectivity index (χ1n) is 8.97. The lowest BCUT2D eigenvalue weighted by atomic mass is 10.2. The minimum Gasteiger partial charge on any atom is -0.416 e. The number of pyridine rings is 1. The zero-order valence-electron chi connectivity index (χ0n) is 17.2. The molecule has 0 radical (unpaired) electrons. The van der Waals surface area contributed by atoms with Crippen LogP contribution in [0.25, 0.3) is 16.7 Å². The highest BCUT2D eigenvalue weighted by Crippen LogP contribution is 2.34. The van der Waals surface area contributed by atoms with E-state index >= 15 is 0 Å². The summed E-state index contributed by atoms with van der Waals surface area (Å²) in [6.45, 7) is 5.62. The number of nitrogens with zero attached hydrogens (tertiary/aromatic N) is 3. The summed E-state index contributed by atoms with van der Waals surface area (Å²) in [6.07, 6.45) is 0. The molecule has 1 aromatic carbocycles. The molecular weight excluding hydrogens is 442 g/mol. The molecular formula is C19H19F4N3O4S. The Morgan fingerprint density at radius 2 is 1.61 bits per heavy atom. The van der Waals surface area contributed by atoms with Crippen LogP contribution in [0.5, 0.6) is 5.75 Å². The summed E-state index contributed by atoms with van der Waals surface area (Å²) >= 11 is -0.916. The molecule has 0 N–H and O–H groups in total. The lowest BCUT2D eigenvalue weighted by molar-refractivity contribution is -0.0369. The first-order chi connectivity index (χ1) is 14.4. The van der Waals surface area contributed by atoms with Gasteiger partial charge in [0.1, 0.15) is 16.9 Å². The molecule has 7 nitrogen and oxygen atoms in total. The Bertz CT molecular complexity index is 1310. The van der Waals surface area contributed by atoms with Gasteiger partial charge in [-0.15, -0.1) is 0 Å². The topological polar surface area (TPSA) is 75.2 Å². The van der Waals surface area contributed by atoms with Crippen molar-refractivity contribution in [2.24, 2.45) is 14.1 Å². The molecule has 0 bridgehead atoms. The predicted molar refractivity (Wildman–Crippen MR) is 110 cm³/mol. The van der Waals surface area contributed by atoms with Gasteiger partial charge in [0.25, 0.3) is 11.1 Å². The molecule has 0 aliphatic heterocycles. The molecule has 0 unspecified atom stereocenters. The summed E-state index contributed by atoms with van der Waals surface area (Å²) < 4.78 is 59.1. The minimum atomic E-state index is -4.81. The van der Waals surface area contributed by atoms with Crippen LogP contribution in [-0.2, 0) is 14.1 Å². The third-order valence-electron chi connectivity index (χ3n) is 4.15. The van der Waals surface area contributed by atoms with Crippen LogP contribution in [0.3, 0.4) is 0 Å². The Balaban J connectivity index is 0.00000166. The van der Waals surface area contributed by atoms with Gasteiger partial charge in [0.05, 0.1) is 5.69 Å². The van der Waals surface area contributed by atoms with Crippen molar-refractivity contribution in [1.29, 1.82) is 0 Å². The van der Waals surface area contributed by atoms with Gasteiger partial charge in [-0.1, -0.05) is 19.9 Å². The number of aromatic nitrogens is 3. The number of aryl methyl sites for hydroxylation is 2. The average Bonchev–Trinajstić information content (AvgIpc) is 2.70. The fourth-order valence-corrected chi connectivity index (χ4v) is 3.11. The molecule has 0 fully saturated rings. The van der Waals surface area contributed by atoms with Crippen molar-refractivity contribution in [2.75, 3.05) is 0 Å². The molecule has 2 heterocycles. The van der Waals surface area contributed by atoms with Gasteiger partial charge < -0.3 is 4.18 Å². The summed E-state index contributed by atoms with van der Waals surface area (Å²) in [6, 6.07) is 4.59. The molecule has 0 aliphatic rings. The summed E-state index contributed by atoms with van der Waals surface area (Å²) in [5, 5.41) is -0.481. The van der Waals surface area contributed by atoms with E-state index in [0.29, 0.717) is 16.2 Å². The van der Waals surface area contributed by atoms with Gasteiger partial charge in [0, 0.05) is 20.2 Å². The average molecular weight is 461 g/mol. The monoisotopic (exact) mass is 461 g/mol. The van der Waals surface area contributed by atoms with E-state index in [9.17, 15) is 31.9 Å². The normalized spacial score (nSPS) is 11.3. The molecule has 0 aliphatic carbocycles. The van der Waals surface area contributed by atoms with Crippen LogP contribution in [0.1, 0.15) is 19.4 Å². The van der Waals surface area contributed by atoms with Crippen LogP contribution in [0.4, 0.5) is 17.6 Å². The first-order valence-corrected chi connectivity index (χ1v) is 9.71. The standard InChI is InChI=1S/C17H13F4N3O4S.C2H6/c1-8-4-5-10(9(18)6-8)24-14-13(15(26)23(3)16(24)27)11(7-12(25)22(14)2)28-29-17(19,20)21;1-2/h4-7H,1-3H3;1-2H3. The van der Waals surface area contributed by atoms with Crippen molar-refractivity contribution < 1.29 is 21.7 Å². The van der Waals surface area contributed by atoms with Crippen LogP contribution in [0, 0.1) is 12.7 Å². The molecule has 31 heavy (non-hydrogen) atoms. The van der Waals surface area contributed by atoms with Crippen molar-refractivity contribution in [3.63, 3.8) is 0 Å². The van der Waals surface area contributed by atoms with E-state index in [1.54, 1.807) is 6.92 Å². The highest BCUT2D eigenvalue weighted by atomic mass is 32.2. The predicted octanol–water partition coefficient (Wildman–Crippen LogP) is 3.41. The second-order valence-corrected chi connectivity index (χ2v) is 6.95. The second-order valence-electron chi connectivity index (χ2n) is 6.15. The van der Waals surface area contributed by atoms with E-state index in [1.165, 1.54) is 19.2 Å². The fourth-order valence-electron chi connectivity index (χ4n) is 2.79. The summed E-state index contributed by atoms with van der Waals surface area (Å²) in [4.78, 5) is 37.7. The first kappa shape index (κ1) is 24.3. The number of halogens is 4. The second kappa shape index (κ2) is 9.00. The van der Waals surface area contributed by atoms with Gasteiger partial charge in [-0.25, -0.2) is 13.8 Å². The van der Waals surface area contributed by atoms with E-state index < -0.39 is 57.0 Å². The van der Waals surface area contributed by atoms with Crippen molar-refractivity contribution >= 4 is 23.1 Å². The highest BCUT2D eigenvalue weighted by molar-refractivity contribution is 7.95. The van der Waals surface area contributed by atoms with Gasteiger partial charge in [-0.2, -0.15) is 13.2 Å². The SMILES string of the molecule is CC.Cc1ccc(-n2c(=O)n(C)c(=O)c3c(OSC(F)(F)F)cc(=O)n(C)c32)c(F)c1. The molecule has 168 valence electrons. The zero-order valence-corrected chi connectivity index (χ0v) is 18.0. The molecule has 2 aromatic heterocycles. The Hall–Kier alpha value is -3.02. The van der Waals surface area contributed by atoms with Crippen LogP contribution in [0.15, 0.2) is 38.6 Å². The molecule has 0 atom stereocenters. The van der Waals surface area contributed by atoms with Crippen molar-refractivity contribution in [1.82, 2.24) is 13.7 Å². The molecule has 0 amide bonds. The molecule has 3 aromatic rings. The third-order valence-corrected chi connectivity index (χ3v) is 4.60. The Morgan fingerprint density at radius 1 is 1.00 bits per heavy atom. The molecule has 0 saturated carbocycles. The molecule has 3 rings (SSSR count). The van der Waals surface area contributed by atoms with Crippen LogP contribution in [-0.4, -0.2) is 19.2 Å². The summed E-state index contributed by atoms with van der Waals surface area (Å²) in [5.74, 6) is -1.51. The van der Waals surface area contributed by atoms with E-state index in [1.807, 2.05) is 13.8 Å². The van der Waals surface area contributed by atoms with Crippen molar-refractivity contribution in [2.45, 2.75) is 26.3 Å². The molecule has 12 heteroatoms. The Labute approximate surface area is 177 Å². The maximum absolute atomic E-state index is 14.6. The molecule has 0 spiro atoms. The maximum Gasteiger partial charge on any atom is 0.479 e. The van der Waals surface area contributed by atoms with E-state index in [0.717, 1.165) is 22.2 Å². The number of alkyl halides is 3. The van der Waals surface area contributed by atoms with Gasteiger partial charge in [-0.3, -0.25) is 18.7 Å². The van der Waals surface area contributed by atoms with Crippen LogP contribution >= 0.6 is 12.0 Å². The van der Waals surface area contributed by atoms with Gasteiger partial charge in [0.2, 0.25) is 0 Å². The lowest BCUT2D eigenvalue weighted by Gasteiger charge is -2.17. The molecule has 0 saturated heterocycles. The fraction of sp³-hybridized carbons (Fsp3) is 0.316. The summed E-state index contributed by atoms with van der Waals surface area (Å²) in [7, 11) is 2.28. The van der Waals surface area contributed by atoms with E-state index in [4.69, 9.17) is 0 Å². The number of fused-ring (bicyclic) bond motifs is 1. The Kier molecular flexibility index (Phi) is 7.04.